The molecular formula is C14H20O2. The van der Waals surface area contributed by atoms with Gasteiger partial charge in [0.15, 0.2) is 5.78 Å². The van der Waals surface area contributed by atoms with Gasteiger partial charge in [0, 0.05) is 12.0 Å². The molecule has 0 aromatic heterocycles. The molecule has 0 fully saturated rings. The van der Waals surface area contributed by atoms with Crippen molar-refractivity contribution >= 4 is 5.78 Å². The Bertz CT molecular complexity index is 369. The van der Waals surface area contributed by atoms with E-state index in [0.717, 1.165) is 22.4 Å². The molecule has 0 aliphatic rings. The molecule has 0 saturated heterocycles. The highest BCUT2D eigenvalue weighted by molar-refractivity contribution is 5.96. The van der Waals surface area contributed by atoms with Crippen LogP contribution in [0.3, 0.4) is 0 Å². The molecular weight excluding hydrogens is 200 g/mol. The van der Waals surface area contributed by atoms with Crippen molar-refractivity contribution in [1.82, 2.24) is 0 Å². The van der Waals surface area contributed by atoms with E-state index in [9.17, 15) is 4.79 Å². The summed E-state index contributed by atoms with van der Waals surface area (Å²) in [6, 6.07) is 3.83. The first-order chi connectivity index (χ1) is 7.45. The molecule has 0 amide bonds. The number of rotatable bonds is 4. The summed E-state index contributed by atoms with van der Waals surface area (Å²) in [5.41, 5.74) is 2.84. The predicted octanol–water partition coefficient (Wildman–Crippen LogP) is 3.54. The highest BCUT2D eigenvalue weighted by atomic mass is 16.5. The summed E-state index contributed by atoms with van der Waals surface area (Å²) >= 11 is 0. The van der Waals surface area contributed by atoms with Crippen LogP contribution in [-0.2, 0) is 0 Å². The first-order valence-corrected chi connectivity index (χ1v) is 5.64. The van der Waals surface area contributed by atoms with E-state index in [2.05, 4.69) is 13.8 Å². The van der Waals surface area contributed by atoms with Gasteiger partial charge in [-0.25, -0.2) is 0 Å². The maximum atomic E-state index is 11.9. The fraction of sp³-hybridized carbons (Fsp3) is 0.500. The lowest BCUT2D eigenvalue weighted by Gasteiger charge is -2.11. The Kier molecular flexibility index (Phi) is 4.11. The quantitative estimate of drug-likeness (QED) is 0.725. The first-order valence-electron chi connectivity index (χ1n) is 5.64. The molecule has 0 spiro atoms. The minimum atomic E-state index is 0.212. The molecule has 1 rings (SSSR count). The molecule has 1 aromatic rings. The Balaban J connectivity index is 3.04. The molecule has 0 saturated carbocycles. The van der Waals surface area contributed by atoms with Gasteiger partial charge in [-0.3, -0.25) is 4.79 Å². The monoisotopic (exact) mass is 220 g/mol. The zero-order valence-electron chi connectivity index (χ0n) is 10.8. The van der Waals surface area contributed by atoms with Crippen molar-refractivity contribution < 1.29 is 9.53 Å². The molecule has 2 nitrogen and oxygen atoms in total. The fourth-order valence-corrected chi connectivity index (χ4v) is 1.92. The number of carbonyl (C=O) groups excluding carboxylic acids is 1. The predicted molar refractivity (Wildman–Crippen MR) is 66.3 cm³/mol. The van der Waals surface area contributed by atoms with Gasteiger partial charge in [0.25, 0.3) is 0 Å². The summed E-state index contributed by atoms with van der Waals surface area (Å²) in [5, 5.41) is 0. The van der Waals surface area contributed by atoms with Crippen molar-refractivity contribution in [2.45, 2.75) is 34.1 Å². The number of ketones is 1. The van der Waals surface area contributed by atoms with E-state index in [1.165, 1.54) is 0 Å². The van der Waals surface area contributed by atoms with Crippen LogP contribution in [0.1, 0.15) is 41.8 Å². The molecule has 1 aromatic carbocycles. The molecule has 16 heavy (non-hydrogen) atoms. The molecule has 0 heterocycles. The molecule has 0 radical (unpaired) electrons. The number of ether oxygens (including phenoxy) is 1. The molecule has 0 N–H and O–H groups in total. The summed E-state index contributed by atoms with van der Waals surface area (Å²) in [4.78, 5) is 11.9. The number of methoxy groups -OCH3 is 1. The van der Waals surface area contributed by atoms with Crippen LogP contribution < -0.4 is 4.74 Å². The van der Waals surface area contributed by atoms with E-state index in [4.69, 9.17) is 4.74 Å². The van der Waals surface area contributed by atoms with Gasteiger partial charge in [-0.2, -0.15) is 0 Å². The molecule has 0 unspecified atom stereocenters. The number of carbonyl (C=O) groups is 1. The number of hydrogen-bond acceptors (Lipinski definition) is 2. The summed E-state index contributed by atoms with van der Waals surface area (Å²) in [6.45, 7) is 8.05. The van der Waals surface area contributed by atoms with Crippen LogP contribution in [0.5, 0.6) is 5.75 Å². The zero-order chi connectivity index (χ0) is 12.3. The van der Waals surface area contributed by atoms with Gasteiger partial charge in [-0.15, -0.1) is 0 Å². The van der Waals surface area contributed by atoms with Gasteiger partial charge in [0.2, 0.25) is 0 Å². The number of aryl methyl sites for hydroxylation is 2. The van der Waals surface area contributed by atoms with E-state index in [1.807, 2.05) is 26.0 Å². The molecule has 0 aliphatic carbocycles. The molecule has 0 aliphatic heterocycles. The van der Waals surface area contributed by atoms with E-state index >= 15 is 0 Å². The molecule has 2 heteroatoms. The van der Waals surface area contributed by atoms with Gasteiger partial charge in [0.1, 0.15) is 5.75 Å². The minimum Gasteiger partial charge on any atom is -0.496 e. The van der Waals surface area contributed by atoms with Crippen LogP contribution in [0.2, 0.25) is 0 Å². The van der Waals surface area contributed by atoms with Gasteiger partial charge >= 0.3 is 0 Å². The Morgan fingerprint density at radius 2 is 1.75 bits per heavy atom. The van der Waals surface area contributed by atoms with Crippen molar-refractivity contribution in [3.8, 4) is 5.75 Å². The maximum absolute atomic E-state index is 11.9. The van der Waals surface area contributed by atoms with E-state index in [-0.39, 0.29) is 5.78 Å². The third kappa shape index (κ3) is 2.84. The average Bonchev–Trinajstić information content (AvgIpc) is 2.16. The van der Waals surface area contributed by atoms with Crippen LogP contribution >= 0.6 is 0 Å². The van der Waals surface area contributed by atoms with Crippen molar-refractivity contribution in [2.75, 3.05) is 7.11 Å². The zero-order valence-corrected chi connectivity index (χ0v) is 10.8. The lowest BCUT2D eigenvalue weighted by atomic mass is 9.97. The van der Waals surface area contributed by atoms with Gasteiger partial charge in [-0.05, 0) is 43.0 Å². The van der Waals surface area contributed by atoms with Crippen LogP contribution in [0.25, 0.3) is 0 Å². The normalized spacial score (nSPS) is 10.6. The second-order valence-corrected chi connectivity index (χ2v) is 4.66. The Labute approximate surface area is 97.6 Å². The third-order valence-corrected chi connectivity index (χ3v) is 2.58. The lowest BCUT2D eigenvalue weighted by Crippen LogP contribution is -2.05. The summed E-state index contributed by atoms with van der Waals surface area (Å²) in [6.07, 6.45) is 0.602. The topological polar surface area (TPSA) is 26.3 Å². The number of benzene rings is 1. The Hall–Kier alpha value is -1.31. The summed E-state index contributed by atoms with van der Waals surface area (Å²) in [5.74, 6) is 1.49. The molecule has 0 bridgehead atoms. The second kappa shape index (κ2) is 5.15. The Morgan fingerprint density at radius 1 is 1.25 bits per heavy atom. The SMILES string of the molecule is COc1c(C)cc(C(=O)CC(C)C)cc1C. The Morgan fingerprint density at radius 3 is 2.12 bits per heavy atom. The highest BCUT2D eigenvalue weighted by Gasteiger charge is 2.12. The standard InChI is InChI=1S/C14H20O2/c1-9(2)6-13(15)12-7-10(3)14(16-5)11(4)8-12/h7-9H,6H2,1-5H3. The summed E-state index contributed by atoms with van der Waals surface area (Å²) in [7, 11) is 1.66. The second-order valence-electron chi connectivity index (χ2n) is 4.66. The van der Waals surface area contributed by atoms with Gasteiger partial charge in [0.05, 0.1) is 7.11 Å². The smallest absolute Gasteiger partial charge is 0.163 e. The first kappa shape index (κ1) is 12.8. The highest BCUT2D eigenvalue weighted by Crippen LogP contribution is 2.25. The minimum absolute atomic E-state index is 0.212. The number of hydrogen-bond donors (Lipinski definition) is 0. The van der Waals surface area contributed by atoms with Crippen molar-refractivity contribution in [2.24, 2.45) is 5.92 Å². The van der Waals surface area contributed by atoms with Crippen molar-refractivity contribution in [3.63, 3.8) is 0 Å². The third-order valence-electron chi connectivity index (χ3n) is 2.58. The number of Topliss-reactive ketones (excluding diaryl/α,β-unsaturated/α-hetero) is 1. The van der Waals surface area contributed by atoms with Crippen LogP contribution in [0.15, 0.2) is 12.1 Å². The van der Waals surface area contributed by atoms with Gasteiger partial charge < -0.3 is 4.74 Å². The van der Waals surface area contributed by atoms with Crippen LogP contribution in [0, 0.1) is 19.8 Å². The molecule has 0 atom stereocenters. The molecule has 88 valence electrons. The van der Waals surface area contributed by atoms with E-state index < -0.39 is 0 Å². The van der Waals surface area contributed by atoms with Crippen LogP contribution in [-0.4, -0.2) is 12.9 Å². The lowest BCUT2D eigenvalue weighted by molar-refractivity contribution is 0.0967. The average molecular weight is 220 g/mol. The van der Waals surface area contributed by atoms with E-state index in [0.29, 0.717) is 12.3 Å². The fourth-order valence-electron chi connectivity index (χ4n) is 1.92. The van der Waals surface area contributed by atoms with Crippen LogP contribution in [0.4, 0.5) is 0 Å². The van der Waals surface area contributed by atoms with Crippen molar-refractivity contribution in [1.29, 1.82) is 0 Å². The van der Waals surface area contributed by atoms with Gasteiger partial charge in [-0.1, -0.05) is 13.8 Å². The van der Waals surface area contributed by atoms with Crippen molar-refractivity contribution in [3.05, 3.63) is 28.8 Å². The maximum Gasteiger partial charge on any atom is 0.163 e. The largest absolute Gasteiger partial charge is 0.496 e. The van der Waals surface area contributed by atoms with E-state index in [1.54, 1.807) is 7.11 Å². The summed E-state index contributed by atoms with van der Waals surface area (Å²) < 4.78 is 5.28.